The highest BCUT2D eigenvalue weighted by Gasteiger charge is 2.36. The fraction of sp³-hybridized carbons (Fsp3) is 0.321. The van der Waals surface area contributed by atoms with Gasteiger partial charge < -0.3 is 19.2 Å². The maximum atomic E-state index is 13.8. The lowest BCUT2D eigenvalue weighted by Crippen LogP contribution is -2.46. The Labute approximate surface area is 210 Å². The van der Waals surface area contributed by atoms with Crippen LogP contribution >= 0.6 is 0 Å². The van der Waals surface area contributed by atoms with Crippen molar-refractivity contribution in [1.82, 2.24) is 5.32 Å². The van der Waals surface area contributed by atoms with Gasteiger partial charge in [-0.25, -0.2) is 4.79 Å². The van der Waals surface area contributed by atoms with Crippen molar-refractivity contribution in [2.75, 3.05) is 18.6 Å². The number of amides is 2. The molecular weight excluding hydrogens is 460 g/mol. The molecule has 8 heteroatoms. The van der Waals surface area contributed by atoms with Crippen molar-refractivity contribution in [3.05, 3.63) is 83.8 Å². The lowest BCUT2D eigenvalue weighted by molar-refractivity contribution is -0.123. The van der Waals surface area contributed by atoms with Gasteiger partial charge >= 0.3 is 5.97 Å². The van der Waals surface area contributed by atoms with Crippen LogP contribution in [0.5, 0.6) is 5.75 Å². The van der Waals surface area contributed by atoms with E-state index in [1.165, 1.54) is 24.3 Å². The van der Waals surface area contributed by atoms with Crippen molar-refractivity contribution in [2.24, 2.45) is 0 Å². The largest absolute Gasteiger partial charge is 0.494 e. The number of benzene rings is 2. The molecule has 4 rings (SSSR count). The number of hydrogen-bond donors (Lipinski definition) is 1. The van der Waals surface area contributed by atoms with Crippen LogP contribution < -0.4 is 15.0 Å². The lowest BCUT2D eigenvalue weighted by Gasteiger charge is -2.32. The molecule has 0 spiro atoms. The molecule has 1 N–H and O–H groups in total. The summed E-state index contributed by atoms with van der Waals surface area (Å²) in [5.74, 6) is -0.636. The first-order chi connectivity index (χ1) is 17.5. The summed E-state index contributed by atoms with van der Waals surface area (Å²) in [5.41, 5.74) is 1.21. The highest BCUT2D eigenvalue weighted by molar-refractivity contribution is 6.09. The molecule has 0 saturated heterocycles. The van der Waals surface area contributed by atoms with Crippen LogP contribution in [-0.4, -0.2) is 37.5 Å². The second kappa shape index (κ2) is 11.6. The van der Waals surface area contributed by atoms with Crippen molar-refractivity contribution < 1.29 is 28.3 Å². The van der Waals surface area contributed by atoms with Crippen molar-refractivity contribution in [2.45, 2.75) is 44.7 Å². The molecular formula is C28H30N2O6. The van der Waals surface area contributed by atoms with E-state index in [9.17, 15) is 14.4 Å². The fourth-order valence-electron chi connectivity index (χ4n) is 4.48. The van der Waals surface area contributed by atoms with Crippen LogP contribution in [-0.2, 0) is 9.53 Å². The summed E-state index contributed by atoms with van der Waals surface area (Å²) in [4.78, 5) is 41.2. The van der Waals surface area contributed by atoms with Crippen LogP contribution in [0.2, 0.25) is 0 Å². The van der Waals surface area contributed by atoms with E-state index >= 15 is 0 Å². The van der Waals surface area contributed by atoms with Gasteiger partial charge in [0.15, 0.2) is 5.76 Å². The minimum Gasteiger partial charge on any atom is -0.494 e. The number of furan rings is 1. The molecule has 2 amide bonds. The van der Waals surface area contributed by atoms with E-state index in [-0.39, 0.29) is 23.3 Å². The summed E-state index contributed by atoms with van der Waals surface area (Å²) >= 11 is 0. The summed E-state index contributed by atoms with van der Waals surface area (Å²) in [6, 6.07) is 15.7. The molecule has 8 nitrogen and oxygen atoms in total. The van der Waals surface area contributed by atoms with Gasteiger partial charge in [0.25, 0.3) is 5.91 Å². The quantitative estimate of drug-likeness (QED) is 0.428. The zero-order chi connectivity index (χ0) is 25.5. The van der Waals surface area contributed by atoms with E-state index in [0.717, 1.165) is 25.7 Å². The summed E-state index contributed by atoms with van der Waals surface area (Å²) in [6.07, 6.45) is 5.29. The maximum Gasteiger partial charge on any atom is 0.337 e. The highest BCUT2D eigenvalue weighted by atomic mass is 16.5. The molecule has 1 aromatic heterocycles. The molecule has 0 radical (unpaired) electrons. The smallest absolute Gasteiger partial charge is 0.337 e. The average Bonchev–Trinajstić information content (AvgIpc) is 3.62. The molecule has 3 aromatic rings. The Hall–Kier alpha value is -4.07. The number of esters is 1. The molecule has 1 unspecified atom stereocenters. The SMILES string of the molecule is CCOc1ccc(C(C(=O)NC2CCCC2)N(C(=O)c2ccco2)c2cccc(C(=O)OC)c2)cc1. The van der Waals surface area contributed by atoms with Gasteiger partial charge in [-0.05, 0) is 67.8 Å². The van der Waals surface area contributed by atoms with Crippen LogP contribution in [0.15, 0.2) is 71.3 Å². The van der Waals surface area contributed by atoms with E-state index in [1.807, 2.05) is 6.92 Å². The molecule has 188 valence electrons. The third-order valence-electron chi connectivity index (χ3n) is 6.21. The number of ether oxygens (including phenoxy) is 2. The Morgan fingerprint density at radius 3 is 2.44 bits per heavy atom. The number of hydrogen-bond acceptors (Lipinski definition) is 6. The lowest BCUT2D eigenvalue weighted by atomic mass is 10.0. The van der Waals surface area contributed by atoms with Gasteiger partial charge in [-0.15, -0.1) is 0 Å². The zero-order valence-corrected chi connectivity index (χ0v) is 20.4. The molecule has 1 aliphatic carbocycles. The predicted molar refractivity (Wildman–Crippen MR) is 134 cm³/mol. The predicted octanol–water partition coefficient (Wildman–Crippen LogP) is 4.91. The Bertz CT molecular complexity index is 1180. The van der Waals surface area contributed by atoms with Gasteiger partial charge in [0.2, 0.25) is 5.91 Å². The second-order valence-electron chi connectivity index (χ2n) is 8.59. The molecule has 1 saturated carbocycles. The maximum absolute atomic E-state index is 13.8. The van der Waals surface area contributed by atoms with Crippen LogP contribution in [0.25, 0.3) is 0 Å². The van der Waals surface area contributed by atoms with E-state index in [4.69, 9.17) is 13.9 Å². The van der Waals surface area contributed by atoms with Crippen LogP contribution in [0.1, 0.15) is 65.1 Å². The average molecular weight is 491 g/mol. The normalized spacial score (nSPS) is 14.2. The molecule has 1 atom stereocenters. The van der Waals surface area contributed by atoms with Crippen LogP contribution in [0.3, 0.4) is 0 Å². The third-order valence-corrected chi connectivity index (χ3v) is 6.21. The second-order valence-corrected chi connectivity index (χ2v) is 8.59. The summed E-state index contributed by atoms with van der Waals surface area (Å²) < 4.78 is 15.8. The molecule has 1 aliphatic rings. The van der Waals surface area contributed by atoms with Gasteiger partial charge in [-0.3, -0.25) is 14.5 Å². The van der Waals surface area contributed by atoms with Crippen molar-refractivity contribution in [3.8, 4) is 5.75 Å². The van der Waals surface area contributed by atoms with Gasteiger partial charge in [-0.1, -0.05) is 31.0 Å². The number of rotatable bonds is 9. The number of nitrogens with zero attached hydrogens (tertiary/aromatic N) is 1. The fourth-order valence-corrected chi connectivity index (χ4v) is 4.48. The van der Waals surface area contributed by atoms with Crippen LogP contribution in [0.4, 0.5) is 5.69 Å². The van der Waals surface area contributed by atoms with Gasteiger partial charge in [0.05, 0.1) is 25.5 Å². The summed E-state index contributed by atoms with van der Waals surface area (Å²) in [6.45, 7) is 2.40. The standard InChI is InChI=1S/C28H30N2O6/c1-3-35-23-15-13-19(14-16-23)25(26(31)29-21-9-4-5-10-21)30(27(32)24-12-7-17-36-24)22-11-6-8-20(18-22)28(33)34-2/h6-8,11-18,21,25H,3-5,9-10H2,1-2H3,(H,29,31). The summed E-state index contributed by atoms with van der Waals surface area (Å²) in [5, 5.41) is 3.13. The van der Waals surface area contributed by atoms with E-state index < -0.39 is 17.9 Å². The Kier molecular flexibility index (Phi) is 8.05. The molecule has 1 heterocycles. The van der Waals surface area contributed by atoms with Crippen molar-refractivity contribution >= 4 is 23.5 Å². The van der Waals surface area contributed by atoms with E-state index in [1.54, 1.807) is 54.6 Å². The van der Waals surface area contributed by atoms with Crippen LogP contribution in [0, 0.1) is 0 Å². The van der Waals surface area contributed by atoms with Crippen molar-refractivity contribution in [3.63, 3.8) is 0 Å². The van der Waals surface area contributed by atoms with Crippen molar-refractivity contribution in [1.29, 1.82) is 0 Å². The number of carbonyl (C=O) groups excluding carboxylic acids is 3. The molecule has 2 aromatic carbocycles. The third kappa shape index (κ3) is 5.59. The first-order valence-corrected chi connectivity index (χ1v) is 12.1. The number of anilines is 1. The monoisotopic (exact) mass is 490 g/mol. The first-order valence-electron chi connectivity index (χ1n) is 12.1. The minimum atomic E-state index is -1.02. The highest BCUT2D eigenvalue weighted by Crippen LogP contribution is 2.32. The van der Waals surface area contributed by atoms with Gasteiger partial charge in [0, 0.05) is 11.7 Å². The minimum absolute atomic E-state index is 0.0460. The molecule has 0 aliphatic heterocycles. The first kappa shape index (κ1) is 25.0. The van der Waals surface area contributed by atoms with E-state index in [2.05, 4.69) is 5.32 Å². The molecule has 36 heavy (non-hydrogen) atoms. The number of nitrogens with one attached hydrogen (secondary N) is 1. The van der Waals surface area contributed by atoms with Gasteiger partial charge in [0.1, 0.15) is 11.8 Å². The van der Waals surface area contributed by atoms with E-state index in [0.29, 0.717) is 23.6 Å². The Morgan fingerprint density at radius 1 is 1.06 bits per heavy atom. The zero-order valence-electron chi connectivity index (χ0n) is 20.4. The molecule has 1 fully saturated rings. The Balaban J connectivity index is 1.82. The Morgan fingerprint density at radius 2 is 1.81 bits per heavy atom. The number of methoxy groups -OCH3 is 1. The summed E-state index contributed by atoms with van der Waals surface area (Å²) in [7, 11) is 1.29. The van der Waals surface area contributed by atoms with Gasteiger partial charge in [-0.2, -0.15) is 0 Å². The molecule has 0 bridgehead atoms. The number of carbonyl (C=O) groups is 3. The topological polar surface area (TPSA) is 98.1 Å².